The lowest BCUT2D eigenvalue weighted by Crippen LogP contribution is -2.25. The van der Waals surface area contributed by atoms with Gasteiger partial charge in [-0.15, -0.1) is 0 Å². The van der Waals surface area contributed by atoms with E-state index in [4.69, 9.17) is 0 Å². The molecule has 0 atom stereocenters. The van der Waals surface area contributed by atoms with Gasteiger partial charge in [0, 0.05) is 26.5 Å². The highest BCUT2D eigenvalue weighted by Gasteiger charge is 2.08. The van der Waals surface area contributed by atoms with Crippen LogP contribution in [-0.4, -0.2) is 32.5 Å². The Morgan fingerprint density at radius 2 is 2.17 bits per heavy atom. The summed E-state index contributed by atoms with van der Waals surface area (Å²) in [6.45, 7) is 0.359. The minimum absolute atomic E-state index is 0.270. The predicted molar refractivity (Wildman–Crippen MR) is 66.0 cm³/mol. The summed E-state index contributed by atoms with van der Waals surface area (Å²) in [5.41, 5.74) is 0.281. The number of nitrogens with one attached hydrogen (secondary N) is 2. The quantitative estimate of drug-likeness (QED) is 0.804. The van der Waals surface area contributed by atoms with Gasteiger partial charge >= 0.3 is 0 Å². The van der Waals surface area contributed by atoms with Crippen LogP contribution < -0.4 is 10.6 Å². The van der Waals surface area contributed by atoms with Gasteiger partial charge in [0.05, 0.1) is 18.9 Å². The molecule has 94 valence electrons. The lowest BCUT2D eigenvalue weighted by atomic mass is 10.4. The van der Waals surface area contributed by atoms with Crippen LogP contribution in [0.4, 0.5) is 5.82 Å². The Morgan fingerprint density at radius 1 is 1.33 bits per heavy atom. The molecule has 1 amide bonds. The van der Waals surface area contributed by atoms with Gasteiger partial charge in [0.2, 0.25) is 0 Å². The van der Waals surface area contributed by atoms with Crippen LogP contribution in [0.1, 0.15) is 16.3 Å². The van der Waals surface area contributed by atoms with Gasteiger partial charge in [-0.1, -0.05) is 0 Å². The van der Waals surface area contributed by atoms with Gasteiger partial charge in [-0.2, -0.15) is 0 Å². The number of nitrogens with zero attached hydrogens (tertiary/aromatic N) is 4. The highest BCUT2D eigenvalue weighted by molar-refractivity contribution is 5.91. The van der Waals surface area contributed by atoms with E-state index in [1.165, 1.54) is 12.4 Å². The second-order valence-electron chi connectivity index (χ2n) is 3.67. The Labute approximate surface area is 104 Å². The molecule has 0 aliphatic rings. The molecular formula is C11H14N6O. The zero-order valence-electron chi connectivity index (χ0n) is 10.2. The number of imidazole rings is 1. The molecule has 0 bridgehead atoms. The van der Waals surface area contributed by atoms with Crippen molar-refractivity contribution in [3.05, 3.63) is 36.3 Å². The summed E-state index contributed by atoms with van der Waals surface area (Å²) in [6.07, 6.45) is 6.45. The molecule has 0 aromatic carbocycles. The van der Waals surface area contributed by atoms with Crippen LogP contribution in [-0.2, 0) is 13.6 Å². The summed E-state index contributed by atoms with van der Waals surface area (Å²) < 4.78 is 1.84. The van der Waals surface area contributed by atoms with Crippen molar-refractivity contribution in [2.75, 3.05) is 12.4 Å². The molecule has 0 spiro atoms. The zero-order valence-corrected chi connectivity index (χ0v) is 10.2. The van der Waals surface area contributed by atoms with Gasteiger partial charge in [0.1, 0.15) is 17.3 Å². The van der Waals surface area contributed by atoms with E-state index in [1.807, 2.05) is 17.8 Å². The summed E-state index contributed by atoms with van der Waals surface area (Å²) in [5, 5.41) is 5.57. The first-order valence-electron chi connectivity index (χ1n) is 5.45. The number of hydrogen-bond donors (Lipinski definition) is 2. The molecule has 2 heterocycles. The number of aryl methyl sites for hydroxylation is 1. The molecule has 0 radical (unpaired) electrons. The van der Waals surface area contributed by atoms with Crippen molar-refractivity contribution in [2.45, 2.75) is 6.54 Å². The lowest BCUT2D eigenvalue weighted by molar-refractivity contribution is 0.0944. The monoisotopic (exact) mass is 246 g/mol. The van der Waals surface area contributed by atoms with Crippen LogP contribution in [0.5, 0.6) is 0 Å². The zero-order chi connectivity index (χ0) is 13.0. The maximum atomic E-state index is 11.8. The summed E-state index contributed by atoms with van der Waals surface area (Å²) in [6, 6.07) is 0. The second-order valence-corrected chi connectivity index (χ2v) is 3.67. The van der Waals surface area contributed by atoms with Crippen molar-refractivity contribution < 1.29 is 4.79 Å². The summed E-state index contributed by atoms with van der Waals surface area (Å²) in [4.78, 5) is 23.9. The van der Waals surface area contributed by atoms with Crippen molar-refractivity contribution >= 4 is 11.7 Å². The minimum atomic E-state index is -0.270. The molecule has 0 unspecified atom stereocenters. The fraction of sp³-hybridized carbons (Fsp3) is 0.273. The molecule has 0 aliphatic carbocycles. The average molecular weight is 246 g/mol. The Kier molecular flexibility index (Phi) is 3.52. The van der Waals surface area contributed by atoms with Crippen LogP contribution in [0.2, 0.25) is 0 Å². The van der Waals surface area contributed by atoms with Crippen LogP contribution in [0.15, 0.2) is 24.8 Å². The Bertz CT molecular complexity index is 533. The topological polar surface area (TPSA) is 84.7 Å². The number of hydrogen-bond acceptors (Lipinski definition) is 5. The summed E-state index contributed by atoms with van der Waals surface area (Å²) >= 11 is 0. The van der Waals surface area contributed by atoms with Gasteiger partial charge < -0.3 is 15.2 Å². The second kappa shape index (κ2) is 5.26. The Hall–Kier alpha value is -2.44. The molecule has 7 heteroatoms. The molecule has 2 aromatic heterocycles. The summed E-state index contributed by atoms with van der Waals surface area (Å²) in [7, 11) is 3.61. The van der Waals surface area contributed by atoms with Crippen molar-refractivity contribution in [1.29, 1.82) is 0 Å². The maximum absolute atomic E-state index is 11.8. The fourth-order valence-corrected chi connectivity index (χ4v) is 1.39. The van der Waals surface area contributed by atoms with E-state index in [0.717, 1.165) is 5.82 Å². The van der Waals surface area contributed by atoms with Crippen LogP contribution in [0, 0.1) is 0 Å². The molecule has 2 N–H and O–H groups in total. The van der Waals surface area contributed by atoms with Gasteiger partial charge in [-0.3, -0.25) is 4.79 Å². The molecule has 0 saturated heterocycles. The van der Waals surface area contributed by atoms with Crippen LogP contribution >= 0.6 is 0 Å². The normalized spacial score (nSPS) is 10.1. The number of aromatic nitrogens is 4. The highest BCUT2D eigenvalue weighted by Crippen LogP contribution is 2.00. The molecule has 2 rings (SSSR count). The molecule has 2 aromatic rings. The molecular weight excluding hydrogens is 232 g/mol. The third-order valence-electron chi connectivity index (χ3n) is 2.47. The van der Waals surface area contributed by atoms with E-state index < -0.39 is 0 Å². The molecule has 0 aliphatic heterocycles. The SMILES string of the molecule is CNc1cnc(C(=O)NCc2nccn2C)cn1. The molecule has 18 heavy (non-hydrogen) atoms. The smallest absolute Gasteiger partial charge is 0.271 e. The number of rotatable bonds is 4. The van der Waals surface area contributed by atoms with Crippen LogP contribution in [0.25, 0.3) is 0 Å². The van der Waals surface area contributed by atoms with E-state index in [-0.39, 0.29) is 11.6 Å². The van der Waals surface area contributed by atoms with E-state index in [9.17, 15) is 4.79 Å². The summed E-state index contributed by atoms with van der Waals surface area (Å²) in [5.74, 6) is 1.13. The maximum Gasteiger partial charge on any atom is 0.271 e. The van der Waals surface area contributed by atoms with Crippen LogP contribution in [0.3, 0.4) is 0 Å². The van der Waals surface area contributed by atoms with Crippen molar-refractivity contribution in [3.8, 4) is 0 Å². The number of amides is 1. The Balaban J connectivity index is 1.97. The minimum Gasteiger partial charge on any atom is -0.372 e. The van der Waals surface area contributed by atoms with Crippen molar-refractivity contribution in [1.82, 2.24) is 24.8 Å². The van der Waals surface area contributed by atoms with Crippen molar-refractivity contribution in [2.24, 2.45) is 7.05 Å². The first-order valence-corrected chi connectivity index (χ1v) is 5.45. The molecule has 7 nitrogen and oxygen atoms in total. The average Bonchev–Trinajstić information content (AvgIpc) is 2.81. The van der Waals surface area contributed by atoms with Gasteiger partial charge in [0.25, 0.3) is 5.91 Å². The Morgan fingerprint density at radius 3 is 2.72 bits per heavy atom. The largest absolute Gasteiger partial charge is 0.372 e. The van der Waals surface area contributed by atoms with E-state index in [2.05, 4.69) is 25.6 Å². The standard InChI is InChI=1S/C11H14N6O/c1-12-9-6-14-8(5-15-9)11(18)16-7-10-13-3-4-17(10)2/h3-6H,7H2,1-2H3,(H,12,15)(H,16,18). The molecule has 0 fully saturated rings. The van der Waals surface area contributed by atoms with Gasteiger partial charge in [-0.05, 0) is 0 Å². The number of carbonyl (C=O) groups is 1. The third-order valence-corrected chi connectivity index (χ3v) is 2.47. The number of anilines is 1. The highest BCUT2D eigenvalue weighted by atomic mass is 16.1. The van der Waals surface area contributed by atoms with E-state index in [0.29, 0.717) is 12.4 Å². The van der Waals surface area contributed by atoms with E-state index in [1.54, 1.807) is 13.2 Å². The fourth-order valence-electron chi connectivity index (χ4n) is 1.39. The van der Waals surface area contributed by atoms with Gasteiger partial charge in [0.15, 0.2) is 0 Å². The number of carbonyl (C=O) groups excluding carboxylic acids is 1. The lowest BCUT2D eigenvalue weighted by Gasteiger charge is -2.05. The predicted octanol–water partition coefficient (Wildman–Crippen LogP) is 0.182. The first kappa shape index (κ1) is 12.0. The van der Waals surface area contributed by atoms with Gasteiger partial charge in [-0.25, -0.2) is 15.0 Å². The van der Waals surface area contributed by atoms with E-state index >= 15 is 0 Å². The molecule has 0 saturated carbocycles. The third kappa shape index (κ3) is 2.62. The van der Waals surface area contributed by atoms with Crippen molar-refractivity contribution in [3.63, 3.8) is 0 Å². The first-order chi connectivity index (χ1) is 8.70.